The fourth-order valence-electron chi connectivity index (χ4n) is 3.18. The van der Waals surface area contributed by atoms with Crippen molar-refractivity contribution >= 4 is 23.4 Å². The summed E-state index contributed by atoms with van der Waals surface area (Å²) in [6.45, 7) is 9.50. The van der Waals surface area contributed by atoms with Crippen LogP contribution in [0.2, 0.25) is 0 Å². The van der Waals surface area contributed by atoms with Gasteiger partial charge in [0.1, 0.15) is 0 Å². The molecule has 2 N–H and O–H groups in total. The highest BCUT2D eigenvalue weighted by Crippen LogP contribution is 2.25. The zero-order chi connectivity index (χ0) is 20.0. The fraction of sp³-hybridized carbons (Fsp3) is 0.571. The van der Waals surface area contributed by atoms with Gasteiger partial charge in [-0.15, -0.1) is 0 Å². The molecule has 1 aromatic rings. The van der Waals surface area contributed by atoms with Crippen molar-refractivity contribution in [1.29, 1.82) is 0 Å². The lowest BCUT2D eigenvalue weighted by Crippen LogP contribution is -2.45. The summed E-state index contributed by atoms with van der Waals surface area (Å²) in [5.41, 5.74) is 0.601. The molecular weight excluding hydrogens is 342 g/mol. The van der Waals surface area contributed by atoms with Gasteiger partial charge in [-0.3, -0.25) is 14.4 Å². The van der Waals surface area contributed by atoms with E-state index >= 15 is 0 Å². The maximum absolute atomic E-state index is 12.7. The molecule has 1 aliphatic heterocycles. The molecule has 0 unspecified atom stereocenters. The largest absolute Gasteiger partial charge is 0.352 e. The van der Waals surface area contributed by atoms with Crippen LogP contribution in [0.5, 0.6) is 0 Å². The lowest BCUT2D eigenvalue weighted by Gasteiger charge is -2.35. The molecule has 6 nitrogen and oxygen atoms in total. The van der Waals surface area contributed by atoms with Crippen molar-refractivity contribution in [2.24, 2.45) is 11.3 Å². The van der Waals surface area contributed by atoms with Crippen LogP contribution in [0.15, 0.2) is 24.3 Å². The molecule has 27 heavy (non-hydrogen) atoms. The van der Waals surface area contributed by atoms with Gasteiger partial charge in [-0.2, -0.15) is 0 Å². The maximum atomic E-state index is 12.7. The standard InChI is InChI=1S/C21H31N3O3/c1-5-12-22-19(26)16-8-6-7-9-17(16)23-18(25)15-10-13-24(14-11-15)20(27)21(2,3)4/h6-9,15H,5,10-14H2,1-4H3,(H,22,26)(H,23,25). The third-order valence-corrected chi connectivity index (χ3v) is 4.76. The molecule has 0 saturated carbocycles. The van der Waals surface area contributed by atoms with Gasteiger partial charge >= 0.3 is 0 Å². The number of carbonyl (C=O) groups is 3. The predicted molar refractivity (Wildman–Crippen MR) is 106 cm³/mol. The molecule has 0 aromatic heterocycles. The summed E-state index contributed by atoms with van der Waals surface area (Å²) in [6.07, 6.45) is 2.13. The SMILES string of the molecule is CCCNC(=O)c1ccccc1NC(=O)C1CCN(C(=O)C(C)(C)C)CC1. The minimum absolute atomic E-state index is 0.0893. The van der Waals surface area contributed by atoms with Gasteiger partial charge in [-0.25, -0.2) is 0 Å². The average molecular weight is 373 g/mol. The minimum atomic E-state index is -0.403. The van der Waals surface area contributed by atoms with Gasteiger partial charge in [0.05, 0.1) is 11.3 Å². The van der Waals surface area contributed by atoms with Gasteiger partial charge in [-0.05, 0) is 31.4 Å². The summed E-state index contributed by atoms with van der Waals surface area (Å²) in [5.74, 6) is -0.299. The van der Waals surface area contributed by atoms with Crippen molar-refractivity contribution in [3.63, 3.8) is 0 Å². The molecule has 1 fully saturated rings. The second kappa shape index (κ2) is 9.02. The number of hydrogen-bond donors (Lipinski definition) is 2. The van der Waals surface area contributed by atoms with Gasteiger partial charge < -0.3 is 15.5 Å². The van der Waals surface area contributed by atoms with Crippen molar-refractivity contribution < 1.29 is 14.4 Å². The van der Waals surface area contributed by atoms with Gasteiger partial charge in [0.25, 0.3) is 5.91 Å². The summed E-state index contributed by atoms with van der Waals surface area (Å²) in [6, 6.07) is 7.05. The van der Waals surface area contributed by atoms with Crippen molar-refractivity contribution in [3.05, 3.63) is 29.8 Å². The number of hydrogen-bond acceptors (Lipinski definition) is 3. The first-order chi connectivity index (χ1) is 12.7. The monoisotopic (exact) mass is 373 g/mol. The zero-order valence-electron chi connectivity index (χ0n) is 16.8. The maximum Gasteiger partial charge on any atom is 0.253 e. The number of piperidine rings is 1. The number of para-hydroxylation sites is 1. The van der Waals surface area contributed by atoms with E-state index in [9.17, 15) is 14.4 Å². The zero-order valence-corrected chi connectivity index (χ0v) is 16.8. The lowest BCUT2D eigenvalue weighted by atomic mass is 9.90. The second-order valence-electron chi connectivity index (χ2n) is 8.11. The quantitative estimate of drug-likeness (QED) is 0.833. The summed E-state index contributed by atoms with van der Waals surface area (Å²) < 4.78 is 0. The molecule has 6 heteroatoms. The van der Waals surface area contributed by atoms with Crippen LogP contribution in [-0.4, -0.2) is 42.3 Å². The normalized spacial score (nSPS) is 15.3. The Balaban J connectivity index is 1.97. The molecular formula is C21H31N3O3. The van der Waals surface area contributed by atoms with E-state index in [0.29, 0.717) is 43.7 Å². The molecule has 0 spiro atoms. The number of nitrogens with one attached hydrogen (secondary N) is 2. The van der Waals surface area contributed by atoms with Crippen molar-refractivity contribution in [1.82, 2.24) is 10.2 Å². The Hall–Kier alpha value is -2.37. The van der Waals surface area contributed by atoms with E-state index in [0.717, 1.165) is 6.42 Å². The smallest absolute Gasteiger partial charge is 0.253 e. The molecule has 0 radical (unpaired) electrons. The number of rotatable bonds is 5. The Bertz CT molecular complexity index is 686. The molecule has 3 amide bonds. The Morgan fingerprint density at radius 1 is 1.11 bits per heavy atom. The van der Waals surface area contributed by atoms with E-state index in [1.54, 1.807) is 24.3 Å². The van der Waals surface area contributed by atoms with Gasteiger partial charge in [0, 0.05) is 31.0 Å². The summed E-state index contributed by atoms with van der Waals surface area (Å²) >= 11 is 0. The first-order valence-corrected chi connectivity index (χ1v) is 9.71. The fourth-order valence-corrected chi connectivity index (χ4v) is 3.18. The number of benzene rings is 1. The van der Waals surface area contributed by atoms with Crippen LogP contribution < -0.4 is 10.6 Å². The molecule has 148 valence electrons. The number of nitrogens with zero attached hydrogens (tertiary/aromatic N) is 1. The first-order valence-electron chi connectivity index (χ1n) is 9.71. The Labute approximate surface area is 161 Å². The van der Waals surface area contributed by atoms with Gasteiger partial charge in [0.2, 0.25) is 11.8 Å². The Morgan fingerprint density at radius 3 is 2.33 bits per heavy atom. The molecule has 1 aromatic carbocycles. The van der Waals surface area contributed by atoms with E-state index < -0.39 is 5.41 Å². The van der Waals surface area contributed by atoms with Crippen LogP contribution in [-0.2, 0) is 9.59 Å². The molecule has 1 saturated heterocycles. The van der Waals surface area contributed by atoms with Crippen LogP contribution in [0.25, 0.3) is 0 Å². The van der Waals surface area contributed by atoms with Crippen LogP contribution in [0.1, 0.15) is 57.3 Å². The Morgan fingerprint density at radius 2 is 1.74 bits per heavy atom. The van der Waals surface area contributed by atoms with Crippen molar-refractivity contribution in [2.45, 2.75) is 47.0 Å². The highest BCUT2D eigenvalue weighted by Gasteiger charge is 2.32. The highest BCUT2D eigenvalue weighted by atomic mass is 16.2. The van der Waals surface area contributed by atoms with Crippen molar-refractivity contribution in [2.75, 3.05) is 25.0 Å². The molecule has 1 heterocycles. The van der Waals surface area contributed by atoms with E-state index in [1.165, 1.54) is 0 Å². The van der Waals surface area contributed by atoms with Gasteiger partial charge in [-0.1, -0.05) is 39.8 Å². The third kappa shape index (κ3) is 5.55. The van der Waals surface area contributed by atoms with E-state index in [-0.39, 0.29) is 23.6 Å². The van der Waals surface area contributed by atoms with Gasteiger partial charge in [0.15, 0.2) is 0 Å². The van der Waals surface area contributed by atoms with Crippen LogP contribution >= 0.6 is 0 Å². The number of likely N-dealkylation sites (tertiary alicyclic amines) is 1. The molecule has 0 bridgehead atoms. The number of anilines is 1. The van der Waals surface area contributed by atoms with E-state index in [2.05, 4.69) is 10.6 Å². The average Bonchev–Trinajstić information content (AvgIpc) is 2.65. The third-order valence-electron chi connectivity index (χ3n) is 4.76. The predicted octanol–water partition coefficient (Wildman–Crippen LogP) is 3.05. The summed E-state index contributed by atoms with van der Waals surface area (Å²) in [7, 11) is 0. The number of carbonyl (C=O) groups excluding carboxylic acids is 3. The van der Waals surface area contributed by atoms with E-state index in [1.807, 2.05) is 32.6 Å². The first kappa shape index (κ1) is 20.9. The van der Waals surface area contributed by atoms with Crippen LogP contribution in [0, 0.1) is 11.3 Å². The van der Waals surface area contributed by atoms with Crippen LogP contribution in [0.3, 0.4) is 0 Å². The highest BCUT2D eigenvalue weighted by molar-refractivity contribution is 6.04. The molecule has 0 atom stereocenters. The second-order valence-corrected chi connectivity index (χ2v) is 8.11. The number of amides is 3. The lowest BCUT2D eigenvalue weighted by molar-refractivity contribution is -0.142. The van der Waals surface area contributed by atoms with Crippen LogP contribution in [0.4, 0.5) is 5.69 Å². The molecule has 0 aliphatic carbocycles. The molecule has 2 rings (SSSR count). The van der Waals surface area contributed by atoms with Crippen molar-refractivity contribution in [3.8, 4) is 0 Å². The molecule has 1 aliphatic rings. The summed E-state index contributed by atoms with van der Waals surface area (Å²) in [4.78, 5) is 39.2. The minimum Gasteiger partial charge on any atom is -0.352 e. The van der Waals surface area contributed by atoms with E-state index in [4.69, 9.17) is 0 Å². The summed E-state index contributed by atoms with van der Waals surface area (Å²) in [5, 5.41) is 5.75. The Kier molecular flexibility index (Phi) is 6.99. The topological polar surface area (TPSA) is 78.5 Å².